The Morgan fingerprint density at radius 1 is 1.08 bits per heavy atom. The molecule has 6 nitrogen and oxygen atoms in total. The SMILES string of the molecule is CC(C)(C)NCC(=Cc1ccccc1)S(=O)(=O)c1ccccc1[N+](=O)[O-]. The average Bonchev–Trinajstić information content (AvgIpc) is 2.58. The van der Waals surface area contributed by atoms with Gasteiger partial charge in [-0.25, -0.2) is 8.42 Å². The number of sulfone groups is 1. The van der Waals surface area contributed by atoms with Gasteiger partial charge in [0.2, 0.25) is 9.84 Å². The molecular weight excluding hydrogens is 352 g/mol. The fourth-order valence-electron chi connectivity index (χ4n) is 2.29. The molecule has 2 aromatic carbocycles. The van der Waals surface area contributed by atoms with Gasteiger partial charge in [0.1, 0.15) is 4.90 Å². The van der Waals surface area contributed by atoms with Crippen molar-refractivity contribution in [2.75, 3.05) is 6.54 Å². The van der Waals surface area contributed by atoms with Crippen LogP contribution in [0.15, 0.2) is 64.4 Å². The number of hydrogen-bond donors (Lipinski definition) is 1. The Kier molecular flexibility index (Phi) is 5.94. The topological polar surface area (TPSA) is 89.3 Å². The van der Waals surface area contributed by atoms with Crippen LogP contribution in [0.2, 0.25) is 0 Å². The molecule has 0 radical (unpaired) electrons. The Balaban J connectivity index is 2.57. The first-order valence-corrected chi connectivity index (χ1v) is 9.59. The normalized spacial score (nSPS) is 12.8. The van der Waals surface area contributed by atoms with E-state index in [2.05, 4.69) is 5.32 Å². The summed E-state index contributed by atoms with van der Waals surface area (Å²) < 4.78 is 26.3. The number of hydrogen-bond acceptors (Lipinski definition) is 5. The van der Waals surface area contributed by atoms with Gasteiger partial charge in [-0.1, -0.05) is 42.5 Å². The van der Waals surface area contributed by atoms with E-state index in [4.69, 9.17) is 0 Å². The second kappa shape index (κ2) is 7.80. The minimum absolute atomic E-state index is 0.0623. The largest absolute Gasteiger partial charge is 0.307 e. The van der Waals surface area contributed by atoms with Crippen molar-refractivity contribution >= 4 is 21.6 Å². The third-order valence-corrected chi connectivity index (χ3v) is 5.49. The van der Waals surface area contributed by atoms with E-state index in [1.807, 2.05) is 26.8 Å². The molecule has 0 aromatic heterocycles. The summed E-state index contributed by atoms with van der Waals surface area (Å²) in [4.78, 5) is 10.4. The van der Waals surface area contributed by atoms with Crippen LogP contribution < -0.4 is 5.32 Å². The zero-order chi connectivity index (χ0) is 19.4. The van der Waals surface area contributed by atoms with E-state index >= 15 is 0 Å². The summed E-state index contributed by atoms with van der Waals surface area (Å²) in [5.74, 6) is 0. The van der Waals surface area contributed by atoms with Gasteiger partial charge in [0, 0.05) is 18.2 Å². The third-order valence-electron chi connectivity index (χ3n) is 3.62. The maximum absolute atomic E-state index is 13.2. The summed E-state index contributed by atoms with van der Waals surface area (Å²) in [7, 11) is -4.04. The van der Waals surface area contributed by atoms with Crippen molar-refractivity contribution in [3.05, 3.63) is 75.2 Å². The van der Waals surface area contributed by atoms with Gasteiger partial charge in [-0.3, -0.25) is 10.1 Å². The predicted octanol–water partition coefficient (Wildman–Crippen LogP) is 3.80. The maximum Gasteiger partial charge on any atom is 0.288 e. The Labute approximate surface area is 153 Å². The van der Waals surface area contributed by atoms with Gasteiger partial charge in [-0.2, -0.15) is 0 Å². The summed E-state index contributed by atoms with van der Waals surface area (Å²) in [6.07, 6.45) is 1.55. The van der Waals surface area contributed by atoms with Gasteiger partial charge < -0.3 is 5.32 Å². The van der Waals surface area contributed by atoms with Crippen molar-refractivity contribution in [1.82, 2.24) is 5.32 Å². The second-order valence-corrected chi connectivity index (χ2v) is 8.82. The Morgan fingerprint density at radius 3 is 2.23 bits per heavy atom. The Hall–Kier alpha value is -2.51. The molecule has 0 aliphatic carbocycles. The van der Waals surface area contributed by atoms with E-state index in [9.17, 15) is 18.5 Å². The minimum Gasteiger partial charge on any atom is -0.307 e. The van der Waals surface area contributed by atoms with Crippen molar-refractivity contribution in [2.24, 2.45) is 0 Å². The average molecular weight is 374 g/mol. The second-order valence-electron chi connectivity index (χ2n) is 6.85. The Morgan fingerprint density at radius 2 is 1.65 bits per heavy atom. The van der Waals surface area contributed by atoms with Gasteiger partial charge in [0.15, 0.2) is 0 Å². The van der Waals surface area contributed by atoms with Crippen molar-refractivity contribution in [2.45, 2.75) is 31.2 Å². The van der Waals surface area contributed by atoms with E-state index in [1.54, 1.807) is 30.3 Å². The molecule has 0 amide bonds. The van der Waals surface area contributed by atoms with Crippen LogP contribution in [0.3, 0.4) is 0 Å². The molecule has 7 heteroatoms. The molecule has 26 heavy (non-hydrogen) atoms. The molecular formula is C19H22N2O4S. The van der Waals surface area contributed by atoms with Gasteiger partial charge in [-0.05, 0) is 38.5 Å². The summed E-state index contributed by atoms with van der Waals surface area (Å²) >= 11 is 0. The van der Waals surface area contributed by atoms with E-state index in [1.165, 1.54) is 24.3 Å². The first-order chi connectivity index (χ1) is 12.1. The predicted molar refractivity (Wildman–Crippen MR) is 102 cm³/mol. The van der Waals surface area contributed by atoms with Crippen molar-refractivity contribution in [1.29, 1.82) is 0 Å². The minimum atomic E-state index is -4.04. The van der Waals surface area contributed by atoms with Crippen LogP contribution in [-0.2, 0) is 9.84 Å². The van der Waals surface area contributed by atoms with Crippen molar-refractivity contribution in [3.63, 3.8) is 0 Å². The molecule has 0 fully saturated rings. The summed E-state index contributed by atoms with van der Waals surface area (Å²) in [6.45, 7) is 5.83. The molecule has 2 rings (SSSR count). The lowest BCUT2D eigenvalue weighted by Crippen LogP contribution is -2.38. The number of rotatable bonds is 6. The zero-order valence-corrected chi connectivity index (χ0v) is 15.8. The molecule has 0 spiro atoms. The van der Waals surface area contributed by atoms with E-state index in [-0.39, 0.29) is 21.9 Å². The van der Waals surface area contributed by atoms with Crippen LogP contribution in [0.25, 0.3) is 6.08 Å². The number of nitrogens with zero attached hydrogens (tertiary/aromatic N) is 1. The number of benzene rings is 2. The van der Waals surface area contributed by atoms with E-state index in [0.29, 0.717) is 5.56 Å². The quantitative estimate of drug-likeness (QED) is 0.614. The van der Waals surface area contributed by atoms with E-state index < -0.39 is 20.4 Å². The highest BCUT2D eigenvalue weighted by Crippen LogP contribution is 2.29. The lowest BCUT2D eigenvalue weighted by atomic mass is 10.1. The summed E-state index contributed by atoms with van der Waals surface area (Å²) in [5, 5.41) is 14.4. The molecule has 0 saturated heterocycles. The molecule has 0 heterocycles. The Bertz CT molecular complexity index is 914. The van der Waals surface area contributed by atoms with Crippen LogP contribution in [0.5, 0.6) is 0 Å². The molecule has 0 unspecified atom stereocenters. The highest BCUT2D eigenvalue weighted by atomic mass is 32.2. The molecule has 2 aromatic rings. The van der Waals surface area contributed by atoms with Gasteiger partial charge in [0.05, 0.1) is 9.83 Å². The first kappa shape index (κ1) is 19.8. The molecule has 0 bridgehead atoms. The van der Waals surface area contributed by atoms with Crippen LogP contribution in [0.4, 0.5) is 5.69 Å². The highest BCUT2D eigenvalue weighted by Gasteiger charge is 2.29. The molecule has 1 N–H and O–H groups in total. The summed E-state index contributed by atoms with van der Waals surface area (Å²) in [5.41, 5.74) is -0.0314. The number of nitro groups is 1. The third kappa shape index (κ3) is 5.00. The lowest BCUT2D eigenvalue weighted by Gasteiger charge is -2.22. The van der Waals surface area contributed by atoms with Crippen LogP contribution >= 0.6 is 0 Å². The number of nitro benzene ring substituents is 1. The van der Waals surface area contributed by atoms with Gasteiger partial charge in [-0.15, -0.1) is 0 Å². The van der Waals surface area contributed by atoms with Crippen molar-refractivity contribution < 1.29 is 13.3 Å². The molecule has 0 aliphatic rings. The number of para-hydroxylation sites is 1. The smallest absolute Gasteiger partial charge is 0.288 e. The van der Waals surface area contributed by atoms with Crippen LogP contribution in [-0.4, -0.2) is 25.4 Å². The maximum atomic E-state index is 13.2. The monoisotopic (exact) mass is 374 g/mol. The molecule has 0 saturated carbocycles. The lowest BCUT2D eigenvalue weighted by molar-refractivity contribution is -0.387. The van der Waals surface area contributed by atoms with E-state index in [0.717, 1.165) is 0 Å². The van der Waals surface area contributed by atoms with Crippen molar-refractivity contribution in [3.8, 4) is 0 Å². The fraction of sp³-hybridized carbons (Fsp3) is 0.263. The zero-order valence-electron chi connectivity index (χ0n) is 15.0. The molecule has 0 aliphatic heterocycles. The van der Waals surface area contributed by atoms with Crippen LogP contribution in [0.1, 0.15) is 26.3 Å². The molecule has 138 valence electrons. The first-order valence-electron chi connectivity index (χ1n) is 8.10. The standard InChI is InChI=1S/C19H22N2O4S/c1-19(2,3)20-14-16(13-15-9-5-4-6-10-15)26(24,25)18-12-8-7-11-17(18)21(22)23/h4-13,20H,14H2,1-3H3. The van der Waals surface area contributed by atoms with Gasteiger partial charge >= 0.3 is 0 Å². The van der Waals surface area contributed by atoms with Crippen LogP contribution in [0, 0.1) is 10.1 Å². The van der Waals surface area contributed by atoms with Gasteiger partial charge in [0.25, 0.3) is 5.69 Å². The summed E-state index contributed by atoms with van der Waals surface area (Å²) in [6, 6.07) is 14.4. The number of nitrogens with one attached hydrogen (secondary N) is 1. The molecule has 0 atom stereocenters. The highest BCUT2D eigenvalue weighted by molar-refractivity contribution is 7.95. The fourth-order valence-corrected chi connectivity index (χ4v) is 3.80.